The number of hydrogen-bond acceptors (Lipinski definition) is 13. The Morgan fingerprint density at radius 3 is 2.70 bits per heavy atom. The van der Waals surface area contributed by atoms with Gasteiger partial charge in [0.25, 0.3) is 5.91 Å². The number of carbonyl (C=O) groups is 2. The van der Waals surface area contributed by atoms with E-state index in [1.807, 2.05) is 0 Å². The van der Waals surface area contributed by atoms with E-state index < -0.39 is 28.7 Å². The van der Waals surface area contributed by atoms with Crippen molar-refractivity contribution in [2.24, 2.45) is 5.92 Å². The molecule has 1 saturated carbocycles. The second-order valence-electron chi connectivity index (χ2n) is 9.11. The van der Waals surface area contributed by atoms with E-state index in [1.54, 1.807) is 27.8 Å². The average molecular weight is 575 g/mol. The van der Waals surface area contributed by atoms with Gasteiger partial charge in [-0.15, -0.1) is 10.2 Å². The minimum atomic E-state index is -3.51. The Morgan fingerprint density at radius 1 is 1.23 bits per heavy atom. The fourth-order valence-corrected chi connectivity index (χ4v) is 5.22. The van der Waals surface area contributed by atoms with E-state index in [9.17, 15) is 29.1 Å². The van der Waals surface area contributed by atoms with Gasteiger partial charge in [0.15, 0.2) is 17.3 Å². The van der Waals surface area contributed by atoms with Crippen LogP contribution in [0.2, 0.25) is 0 Å². The van der Waals surface area contributed by atoms with Crippen molar-refractivity contribution in [3.8, 4) is 17.1 Å². The fourth-order valence-electron chi connectivity index (χ4n) is 4.00. The third kappa shape index (κ3) is 6.40. The highest BCUT2D eigenvalue weighted by atomic mass is 32.2. The van der Waals surface area contributed by atoms with Crippen molar-refractivity contribution in [2.45, 2.75) is 31.9 Å². The molecule has 1 aliphatic carbocycles. The van der Waals surface area contributed by atoms with Crippen molar-refractivity contribution >= 4 is 40.0 Å². The Labute approximate surface area is 229 Å². The minimum absolute atomic E-state index is 0.0105. The Kier molecular flexibility index (Phi) is 7.72. The Bertz CT molecular complexity index is 1450. The molecule has 1 aromatic carbocycles. The van der Waals surface area contributed by atoms with Crippen LogP contribution in [-0.2, 0) is 22.3 Å². The first-order valence-corrected chi connectivity index (χ1v) is 13.5. The highest BCUT2D eigenvalue weighted by molar-refractivity contribution is 7.82. The quantitative estimate of drug-likeness (QED) is 0.173. The zero-order valence-corrected chi connectivity index (χ0v) is 22.0. The number of aromatic nitrogens is 4. The molecule has 3 aromatic rings. The summed E-state index contributed by atoms with van der Waals surface area (Å²) in [6.07, 6.45) is -1.17. The number of nitrogens with one attached hydrogen (secondary N) is 3. The Hall–Kier alpha value is -4.03. The van der Waals surface area contributed by atoms with Gasteiger partial charge in [0, 0.05) is 24.3 Å². The molecule has 2 aromatic heterocycles. The molecule has 40 heavy (non-hydrogen) atoms. The number of benzene rings is 1. The summed E-state index contributed by atoms with van der Waals surface area (Å²) in [5, 5.41) is 46.5. The van der Waals surface area contributed by atoms with E-state index in [4.69, 9.17) is 9.26 Å². The van der Waals surface area contributed by atoms with Crippen LogP contribution in [0.4, 0.5) is 17.2 Å². The van der Waals surface area contributed by atoms with Gasteiger partial charge in [0.2, 0.25) is 17.6 Å². The normalized spacial score (nSPS) is 17.4. The van der Waals surface area contributed by atoms with Crippen molar-refractivity contribution in [3.63, 3.8) is 0 Å². The molecule has 0 spiro atoms. The maximum absolute atomic E-state index is 12.6. The minimum Gasteiger partial charge on any atom is -0.494 e. The topological polar surface area (TPSA) is 225 Å². The Balaban J connectivity index is 1.45. The molecule has 2 amide bonds. The SMILES string of the molecule is COc1c(Nc2cc(NC(=O)C3CC3)nnc2C(=O)NC(O)(O)O)cccc1-c1noc(CN2CCCS2=O)n1. The van der Waals surface area contributed by atoms with E-state index in [0.717, 1.165) is 19.3 Å². The second kappa shape index (κ2) is 11.2. The molecular formula is C23H26N8O8S. The van der Waals surface area contributed by atoms with Crippen LogP contribution >= 0.6 is 0 Å². The molecule has 0 radical (unpaired) electrons. The van der Waals surface area contributed by atoms with Crippen LogP contribution in [0, 0.1) is 5.92 Å². The van der Waals surface area contributed by atoms with Crippen molar-refractivity contribution < 1.29 is 38.4 Å². The van der Waals surface area contributed by atoms with Crippen molar-refractivity contribution in [3.05, 3.63) is 35.9 Å². The lowest BCUT2D eigenvalue weighted by atomic mass is 10.1. The van der Waals surface area contributed by atoms with Crippen LogP contribution in [0.25, 0.3) is 11.4 Å². The molecule has 16 nitrogen and oxygen atoms in total. The largest absolute Gasteiger partial charge is 0.494 e. The lowest BCUT2D eigenvalue weighted by Crippen LogP contribution is -2.48. The predicted molar refractivity (Wildman–Crippen MR) is 138 cm³/mol. The van der Waals surface area contributed by atoms with E-state index >= 15 is 0 Å². The predicted octanol–water partition coefficient (Wildman–Crippen LogP) is -0.185. The highest BCUT2D eigenvalue weighted by Crippen LogP contribution is 2.38. The second-order valence-corrected chi connectivity index (χ2v) is 10.7. The smallest absolute Gasteiger partial charge is 0.369 e. The molecule has 5 rings (SSSR count). The number of hydrogen-bond donors (Lipinski definition) is 6. The van der Waals surface area contributed by atoms with Crippen LogP contribution in [0.1, 0.15) is 35.6 Å². The fraction of sp³-hybridized carbons (Fsp3) is 0.391. The monoisotopic (exact) mass is 574 g/mol. The van der Waals surface area contributed by atoms with Crippen molar-refractivity contribution in [1.82, 2.24) is 30.0 Å². The molecule has 2 fully saturated rings. The zero-order valence-electron chi connectivity index (χ0n) is 21.2. The van der Waals surface area contributed by atoms with Crippen LogP contribution in [0.3, 0.4) is 0 Å². The van der Waals surface area contributed by atoms with E-state index in [0.29, 0.717) is 23.5 Å². The molecule has 1 saturated heterocycles. The summed E-state index contributed by atoms with van der Waals surface area (Å²) in [5.74, 6) is -0.184. The standard InChI is InChI=1S/C23H26N8O8S/c1-38-19-13(20-26-17(39-30-20)11-31-8-3-9-40(31)37)4-2-5-14(19)24-15-10-16(25-21(32)12-6-7-12)28-29-18(15)22(33)27-23(34,35)36/h2,4-5,10,12,34-36H,3,6-9,11H2,1H3,(H,27,33)(H2,24,25,28,32). The number of rotatable bonds is 10. The summed E-state index contributed by atoms with van der Waals surface area (Å²) < 4.78 is 24.8. The summed E-state index contributed by atoms with van der Waals surface area (Å²) in [7, 11) is 0.320. The van der Waals surface area contributed by atoms with E-state index in [1.165, 1.54) is 13.2 Å². The number of anilines is 3. The van der Waals surface area contributed by atoms with Crippen LogP contribution in [-0.4, -0.2) is 81.5 Å². The maximum atomic E-state index is 12.6. The molecule has 2 aliphatic rings. The molecule has 3 heterocycles. The molecule has 1 aliphatic heterocycles. The van der Waals surface area contributed by atoms with Gasteiger partial charge in [-0.2, -0.15) is 4.98 Å². The van der Waals surface area contributed by atoms with E-state index in [-0.39, 0.29) is 47.3 Å². The lowest BCUT2D eigenvalue weighted by molar-refractivity contribution is -0.323. The number of carbonyl (C=O) groups excluding carboxylic acids is 2. The molecule has 0 bridgehead atoms. The summed E-state index contributed by atoms with van der Waals surface area (Å²) in [5.41, 5.74) is 0.305. The van der Waals surface area contributed by atoms with Gasteiger partial charge in [0.05, 0.1) is 41.6 Å². The first-order valence-electron chi connectivity index (χ1n) is 12.2. The zero-order chi connectivity index (χ0) is 28.4. The lowest BCUT2D eigenvalue weighted by Gasteiger charge is -2.18. The molecule has 6 N–H and O–H groups in total. The van der Waals surface area contributed by atoms with Crippen LogP contribution in [0.15, 0.2) is 28.8 Å². The maximum Gasteiger partial charge on any atom is 0.369 e. The summed E-state index contributed by atoms with van der Waals surface area (Å²) in [4.78, 5) is 29.3. The van der Waals surface area contributed by atoms with Gasteiger partial charge < -0.3 is 35.2 Å². The first-order chi connectivity index (χ1) is 19.1. The van der Waals surface area contributed by atoms with Gasteiger partial charge in [-0.3, -0.25) is 14.9 Å². The third-order valence-electron chi connectivity index (χ3n) is 6.01. The number of methoxy groups -OCH3 is 1. The van der Waals surface area contributed by atoms with Gasteiger partial charge >= 0.3 is 6.10 Å². The summed E-state index contributed by atoms with van der Waals surface area (Å²) in [6.45, 7) is 0.897. The Morgan fingerprint density at radius 2 is 2.02 bits per heavy atom. The van der Waals surface area contributed by atoms with Crippen LogP contribution in [0.5, 0.6) is 5.75 Å². The summed E-state index contributed by atoms with van der Waals surface area (Å²) in [6, 6.07) is 6.29. The van der Waals surface area contributed by atoms with Gasteiger partial charge in [-0.05, 0) is 31.4 Å². The number of ether oxygens (including phenoxy) is 1. The molecule has 1 unspecified atom stereocenters. The molecule has 17 heteroatoms. The van der Waals surface area contributed by atoms with Gasteiger partial charge in [-0.1, -0.05) is 11.2 Å². The number of para-hydroxylation sites is 1. The van der Waals surface area contributed by atoms with Crippen molar-refractivity contribution in [1.29, 1.82) is 0 Å². The van der Waals surface area contributed by atoms with Gasteiger partial charge in [0.1, 0.15) is 0 Å². The molecular weight excluding hydrogens is 548 g/mol. The number of amides is 2. The average Bonchev–Trinajstić information content (AvgIpc) is 3.53. The first kappa shape index (κ1) is 27.5. The summed E-state index contributed by atoms with van der Waals surface area (Å²) >= 11 is 0. The third-order valence-corrected chi connectivity index (χ3v) is 7.54. The number of nitrogens with zero attached hydrogens (tertiary/aromatic N) is 5. The van der Waals surface area contributed by atoms with Crippen LogP contribution < -0.4 is 20.7 Å². The highest BCUT2D eigenvalue weighted by Gasteiger charge is 2.31. The molecule has 212 valence electrons. The van der Waals surface area contributed by atoms with Gasteiger partial charge in [-0.25, -0.2) is 8.51 Å². The van der Waals surface area contributed by atoms with Crippen molar-refractivity contribution in [2.75, 3.05) is 30.0 Å². The van der Waals surface area contributed by atoms with E-state index in [2.05, 4.69) is 31.0 Å². The number of aliphatic hydroxyl groups is 3. The molecule has 1 atom stereocenters.